The first kappa shape index (κ1) is 13.6. The smallest absolute Gasteiger partial charge is 0.261 e. The van der Waals surface area contributed by atoms with Crippen molar-refractivity contribution in [2.24, 2.45) is 0 Å². The fourth-order valence-electron chi connectivity index (χ4n) is 2.02. The zero-order valence-corrected chi connectivity index (χ0v) is 12.3. The topological polar surface area (TPSA) is 51.2 Å². The van der Waals surface area contributed by atoms with Crippen molar-refractivity contribution in [3.05, 3.63) is 59.2 Å². The molecule has 4 nitrogen and oxygen atoms in total. The van der Waals surface area contributed by atoms with Crippen molar-refractivity contribution in [1.29, 1.82) is 0 Å². The first-order chi connectivity index (χ1) is 10.3. The Bertz CT molecular complexity index is 768. The van der Waals surface area contributed by atoms with Gasteiger partial charge in [-0.25, -0.2) is 0 Å². The minimum Gasteiger partial charge on any atom is -0.497 e. The van der Waals surface area contributed by atoms with Crippen molar-refractivity contribution in [1.82, 2.24) is 10.3 Å². The quantitative estimate of drug-likeness (QED) is 0.804. The van der Waals surface area contributed by atoms with Crippen molar-refractivity contribution in [2.45, 2.75) is 6.54 Å². The molecule has 1 amide bonds. The number of carbonyl (C=O) groups is 1. The predicted molar refractivity (Wildman–Crippen MR) is 83.8 cm³/mol. The SMILES string of the molecule is COc1ccc2sc(C(=O)NCc3ccccn3)cc2c1. The highest BCUT2D eigenvalue weighted by Gasteiger charge is 2.10. The molecule has 0 radical (unpaired) electrons. The van der Waals surface area contributed by atoms with E-state index in [0.29, 0.717) is 11.4 Å². The van der Waals surface area contributed by atoms with Crippen LogP contribution < -0.4 is 10.1 Å². The van der Waals surface area contributed by atoms with E-state index in [0.717, 1.165) is 21.5 Å². The minimum absolute atomic E-state index is 0.0826. The first-order valence-electron chi connectivity index (χ1n) is 6.52. The van der Waals surface area contributed by atoms with Gasteiger partial charge in [0.1, 0.15) is 5.75 Å². The van der Waals surface area contributed by atoms with Crippen LogP contribution in [-0.4, -0.2) is 18.0 Å². The standard InChI is InChI=1S/C16H14N2O2S/c1-20-13-5-6-14-11(8-13)9-15(21-14)16(19)18-10-12-4-2-3-7-17-12/h2-9H,10H2,1H3,(H,18,19). The van der Waals surface area contributed by atoms with Gasteiger partial charge in [0.05, 0.1) is 24.2 Å². The lowest BCUT2D eigenvalue weighted by Gasteiger charge is -2.02. The Kier molecular flexibility index (Phi) is 3.83. The molecule has 0 saturated heterocycles. The predicted octanol–water partition coefficient (Wildman–Crippen LogP) is 3.23. The molecular weight excluding hydrogens is 284 g/mol. The second-order valence-electron chi connectivity index (χ2n) is 4.52. The number of carbonyl (C=O) groups excluding carboxylic acids is 1. The third-order valence-corrected chi connectivity index (χ3v) is 4.22. The average molecular weight is 298 g/mol. The highest BCUT2D eigenvalue weighted by molar-refractivity contribution is 7.20. The summed E-state index contributed by atoms with van der Waals surface area (Å²) in [4.78, 5) is 17.1. The molecule has 0 bridgehead atoms. The molecule has 0 fully saturated rings. The molecule has 21 heavy (non-hydrogen) atoms. The number of ether oxygens (including phenoxy) is 1. The fraction of sp³-hybridized carbons (Fsp3) is 0.125. The van der Waals surface area contributed by atoms with Gasteiger partial charge in [-0.15, -0.1) is 11.3 Å². The van der Waals surface area contributed by atoms with Crippen LogP contribution in [-0.2, 0) is 6.54 Å². The molecule has 1 N–H and O–H groups in total. The zero-order valence-electron chi connectivity index (χ0n) is 11.5. The Labute approximate surface area is 126 Å². The van der Waals surface area contributed by atoms with E-state index in [1.165, 1.54) is 11.3 Å². The van der Waals surface area contributed by atoms with Crippen molar-refractivity contribution >= 4 is 27.3 Å². The van der Waals surface area contributed by atoms with Gasteiger partial charge in [-0.1, -0.05) is 6.07 Å². The summed E-state index contributed by atoms with van der Waals surface area (Å²) in [5.74, 6) is 0.710. The number of thiophene rings is 1. The van der Waals surface area contributed by atoms with Crippen molar-refractivity contribution in [2.75, 3.05) is 7.11 Å². The highest BCUT2D eigenvalue weighted by Crippen LogP contribution is 2.28. The van der Waals surface area contributed by atoms with Gasteiger partial charge < -0.3 is 10.1 Å². The molecule has 0 aliphatic rings. The molecule has 3 aromatic rings. The number of hydrogen-bond acceptors (Lipinski definition) is 4. The number of hydrogen-bond donors (Lipinski definition) is 1. The number of benzene rings is 1. The summed E-state index contributed by atoms with van der Waals surface area (Å²) in [6, 6.07) is 13.3. The van der Waals surface area contributed by atoms with Gasteiger partial charge in [-0.05, 0) is 41.8 Å². The van der Waals surface area contributed by atoms with Gasteiger partial charge in [0, 0.05) is 10.9 Å². The Morgan fingerprint density at radius 3 is 2.95 bits per heavy atom. The summed E-state index contributed by atoms with van der Waals surface area (Å²) in [6.07, 6.45) is 1.72. The fourth-order valence-corrected chi connectivity index (χ4v) is 2.98. The lowest BCUT2D eigenvalue weighted by atomic mass is 10.2. The molecule has 0 aliphatic carbocycles. The third-order valence-electron chi connectivity index (χ3n) is 3.10. The molecule has 2 aromatic heterocycles. The van der Waals surface area contributed by atoms with Crippen molar-refractivity contribution in [3.8, 4) is 5.75 Å². The van der Waals surface area contributed by atoms with E-state index in [1.807, 2.05) is 42.5 Å². The maximum atomic E-state index is 12.2. The van der Waals surface area contributed by atoms with Crippen LogP contribution in [0.2, 0.25) is 0 Å². The van der Waals surface area contributed by atoms with Crippen molar-refractivity contribution < 1.29 is 9.53 Å². The molecule has 0 unspecified atom stereocenters. The van der Waals surface area contributed by atoms with Crippen LogP contribution in [0.5, 0.6) is 5.75 Å². The van der Waals surface area contributed by atoms with Gasteiger partial charge >= 0.3 is 0 Å². The summed E-state index contributed by atoms with van der Waals surface area (Å²) < 4.78 is 6.26. The van der Waals surface area contributed by atoms with E-state index in [2.05, 4.69) is 10.3 Å². The molecular formula is C16H14N2O2S. The maximum absolute atomic E-state index is 12.2. The Morgan fingerprint density at radius 1 is 1.29 bits per heavy atom. The van der Waals surface area contributed by atoms with Gasteiger partial charge in [0.2, 0.25) is 0 Å². The Hall–Kier alpha value is -2.40. The number of aromatic nitrogens is 1. The first-order valence-corrected chi connectivity index (χ1v) is 7.33. The number of methoxy groups -OCH3 is 1. The lowest BCUT2D eigenvalue weighted by Crippen LogP contribution is -2.22. The summed E-state index contributed by atoms with van der Waals surface area (Å²) >= 11 is 1.47. The number of pyridine rings is 1. The third kappa shape index (κ3) is 3.03. The van der Waals surface area contributed by atoms with Crippen LogP contribution in [0.15, 0.2) is 48.7 Å². The van der Waals surface area contributed by atoms with E-state index in [9.17, 15) is 4.79 Å². The van der Waals surface area contributed by atoms with Crippen LogP contribution >= 0.6 is 11.3 Å². The van der Waals surface area contributed by atoms with E-state index in [1.54, 1.807) is 13.3 Å². The number of rotatable bonds is 4. The number of fused-ring (bicyclic) bond motifs is 1. The van der Waals surface area contributed by atoms with Crippen LogP contribution in [0.1, 0.15) is 15.4 Å². The Morgan fingerprint density at radius 2 is 2.19 bits per heavy atom. The van der Waals surface area contributed by atoms with E-state index >= 15 is 0 Å². The van der Waals surface area contributed by atoms with Crippen LogP contribution in [0.3, 0.4) is 0 Å². The molecule has 2 heterocycles. The summed E-state index contributed by atoms with van der Waals surface area (Å²) in [7, 11) is 1.63. The molecule has 106 valence electrons. The van der Waals surface area contributed by atoms with Crippen LogP contribution in [0, 0.1) is 0 Å². The lowest BCUT2D eigenvalue weighted by molar-refractivity contribution is 0.0954. The van der Waals surface area contributed by atoms with E-state index < -0.39 is 0 Å². The van der Waals surface area contributed by atoms with Crippen LogP contribution in [0.4, 0.5) is 0 Å². The molecule has 0 atom stereocenters. The molecule has 0 saturated carbocycles. The van der Waals surface area contributed by atoms with E-state index in [4.69, 9.17) is 4.74 Å². The van der Waals surface area contributed by atoms with Crippen LogP contribution in [0.25, 0.3) is 10.1 Å². The normalized spacial score (nSPS) is 10.5. The highest BCUT2D eigenvalue weighted by atomic mass is 32.1. The number of amides is 1. The largest absolute Gasteiger partial charge is 0.497 e. The summed E-state index contributed by atoms with van der Waals surface area (Å²) in [5, 5.41) is 3.90. The minimum atomic E-state index is -0.0826. The second-order valence-corrected chi connectivity index (χ2v) is 5.60. The molecule has 1 aromatic carbocycles. The monoisotopic (exact) mass is 298 g/mol. The number of nitrogens with one attached hydrogen (secondary N) is 1. The average Bonchev–Trinajstić information content (AvgIpc) is 2.96. The molecule has 0 aliphatic heterocycles. The van der Waals surface area contributed by atoms with Gasteiger partial charge in [-0.2, -0.15) is 0 Å². The zero-order chi connectivity index (χ0) is 14.7. The molecule has 3 rings (SSSR count). The van der Waals surface area contributed by atoms with Crippen molar-refractivity contribution in [3.63, 3.8) is 0 Å². The second kappa shape index (κ2) is 5.93. The van der Waals surface area contributed by atoms with Gasteiger partial charge in [0.15, 0.2) is 0 Å². The Balaban J connectivity index is 1.75. The molecule has 5 heteroatoms. The summed E-state index contributed by atoms with van der Waals surface area (Å²) in [5.41, 5.74) is 0.841. The summed E-state index contributed by atoms with van der Waals surface area (Å²) in [6.45, 7) is 0.428. The molecule has 0 spiro atoms. The maximum Gasteiger partial charge on any atom is 0.261 e. The number of nitrogens with zero attached hydrogens (tertiary/aromatic N) is 1. The van der Waals surface area contributed by atoms with Gasteiger partial charge in [0.25, 0.3) is 5.91 Å². The van der Waals surface area contributed by atoms with E-state index in [-0.39, 0.29) is 5.91 Å². The van der Waals surface area contributed by atoms with Gasteiger partial charge in [-0.3, -0.25) is 9.78 Å².